The lowest BCUT2D eigenvalue weighted by atomic mass is 10.1. The molecule has 2 aromatic rings. The highest BCUT2D eigenvalue weighted by Crippen LogP contribution is 2.31. The van der Waals surface area contributed by atoms with Gasteiger partial charge in [-0.25, -0.2) is 9.19 Å². The summed E-state index contributed by atoms with van der Waals surface area (Å²) in [4.78, 5) is 27.9. The minimum Gasteiger partial charge on any atom is -0.425 e. The fraction of sp³-hybridized carbons (Fsp3) is 0.214. The van der Waals surface area contributed by atoms with E-state index in [9.17, 15) is 13.8 Å². The van der Waals surface area contributed by atoms with E-state index < -0.39 is 23.0 Å². The lowest BCUT2D eigenvalue weighted by molar-refractivity contribution is -0.131. The van der Waals surface area contributed by atoms with Gasteiger partial charge in [0.15, 0.2) is 16.2 Å². The summed E-state index contributed by atoms with van der Waals surface area (Å²) in [6, 6.07) is 2.93. The van der Waals surface area contributed by atoms with Crippen molar-refractivity contribution >= 4 is 51.0 Å². The van der Waals surface area contributed by atoms with Crippen LogP contribution in [0.25, 0.3) is 0 Å². The lowest BCUT2D eigenvalue weighted by Crippen LogP contribution is -2.14. The van der Waals surface area contributed by atoms with Crippen LogP contribution >= 0.6 is 22.9 Å². The number of aromatic nitrogens is 1. The van der Waals surface area contributed by atoms with Crippen LogP contribution in [0.1, 0.15) is 27.7 Å². The van der Waals surface area contributed by atoms with Crippen molar-refractivity contribution in [3.05, 3.63) is 39.4 Å². The highest BCUT2D eigenvalue weighted by molar-refractivity contribution is 7.78. The van der Waals surface area contributed by atoms with Gasteiger partial charge in [-0.1, -0.05) is 11.6 Å². The zero-order chi connectivity index (χ0) is 17.9. The van der Waals surface area contributed by atoms with Gasteiger partial charge < -0.3 is 9.29 Å². The van der Waals surface area contributed by atoms with Crippen molar-refractivity contribution < 1.29 is 23.1 Å². The molecule has 128 valence electrons. The van der Waals surface area contributed by atoms with Crippen LogP contribution in [0.2, 0.25) is 5.02 Å². The SMILES string of the molecule is CC(=O)Oc1ccc(C(=O)Nc2ncc(CS(=O)O)s2)c(C)c1Cl. The van der Waals surface area contributed by atoms with Gasteiger partial charge >= 0.3 is 5.97 Å². The molecule has 10 heteroatoms. The molecule has 1 unspecified atom stereocenters. The predicted molar refractivity (Wildman–Crippen MR) is 92.0 cm³/mol. The Morgan fingerprint density at radius 1 is 1.46 bits per heavy atom. The summed E-state index contributed by atoms with van der Waals surface area (Å²) in [7, 11) is 0. The van der Waals surface area contributed by atoms with Crippen molar-refractivity contribution in [1.82, 2.24) is 4.98 Å². The third-order valence-electron chi connectivity index (χ3n) is 2.89. The summed E-state index contributed by atoms with van der Waals surface area (Å²) in [5, 5.41) is 3.08. The Morgan fingerprint density at radius 3 is 2.79 bits per heavy atom. The first-order chi connectivity index (χ1) is 11.3. The van der Waals surface area contributed by atoms with E-state index in [0.29, 0.717) is 21.1 Å². The Kier molecular flexibility index (Phi) is 6.05. The van der Waals surface area contributed by atoms with Crippen LogP contribution < -0.4 is 10.1 Å². The summed E-state index contributed by atoms with van der Waals surface area (Å²) < 4.78 is 24.6. The van der Waals surface area contributed by atoms with Crippen LogP contribution in [0, 0.1) is 6.92 Å². The van der Waals surface area contributed by atoms with E-state index in [1.807, 2.05) is 0 Å². The van der Waals surface area contributed by atoms with E-state index in [2.05, 4.69) is 10.3 Å². The summed E-state index contributed by atoms with van der Waals surface area (Å²) in [5.41, 5.74) is 0.763. The number of benzene rings is 1. The van der Waals surface area contributed by atoms with Gasteiger partial charge in [-0.2, -0.15) is 0 Å². The second kappa shape index (κ2) is 7.84. The first kappa shape index (κ1) is 18.5. The molecule has 2 rings (SSSR count). The largest absolute Gasteiger partial charge is 0.425 e. The number of esters is 1. The van der Waals surface area contributed by atoms with Crippen molar-refractivity contribution in [2.24, 2.45) is 0 Å². The molecule has 1 atom stereocenters. The Labute approximate surface area is 149 Å². The van der Waals surface area contributed by atoms with Crippen LogP contribution in [-0.4, -0.2) is 25.6 Å². The van der Waals surface area contributed by atoms with Crippen LogP contribution in [-0.2, 0) is 21.6 Å². The Morgan fingerprint density at radius 2 is 2.17 bits per heavy atom. The number of halogens is 1. The second-order valence-corrected chi connectivity index (χ2v) is 7.12. The first-order valence-corrected chi connectivity index (χ1v) is 9.06. The molecule has 0 aliphatic carbocycles. The minimum absolute atomic E-state index is 0.0462. The fourth-order valence-electron chi connectivity index (χ4n) is 1.86. The Hall–Kier alpha value is -1.81. The zero-order valence-electron chi connectivity index (χ0n) is 12.7. The standard InChI is InChI=1S/C14H13ClN2O5S2/c1-7-10(3-4-11(12(7)15)22-8(2)18)13(19)17-14-16-5-9(23-14)6-24(20)21/h3-5H,6H2,1-2H3,(H,20,21)(H,16,17,19). The van der Waals surface area contributed by atoms with Gasteiger partial charge in [0.25, 0.3) is 5.91 Å². The molecule has 1 aromatic carbocycles. The maximum atomic E-state index is 12.3. The summed E-state index contributed by atoms with van der Waals surface area (Å²) >= 11 is 5.26. The van der Waals surface area contributed by atoms with Gasteiger partial charge in [0.05, 0.1) is 10.8 Å². The van der Waals surface area contributed by atoms with E-state index in [-0.39, 0.29) is 16.5 Å². The maximum Gasteiger partial charge on any atom is 0.308 e. The highest BCUT2D eigenvalue weighted by Gasteiger charge is 2.17. The van der Waals surface area contributed by atoms with Gasteiger partial charge in [-0.15, -0.1) is 11.3 Å². The van der Waals surface area contributed by atoms with Gasteiger partial charge in [-0.05, 0) is 24.6 Å². The molecule has 24 heavy (non-hydrogen) atoms. The third kappa shape index (κ3) is 4.60. The van der Waals surface area contributed by atoms with Gasteiger partial charge in [0.2, 0.25) is 0 Å². The topological polar surface area (TPSA) is 106 Å². The summed E-state index contributed by atoms with van der Waals surface area (Å²) in [5.74, 6) is -0.810. The molecule has 7 nitrogen and oxygen atoms in total. The summed E-state index contributed by atoms with van der Waals surface area (Å²) in [6.45, 7) is 2.89. The van der Waals surface area contributed by atoms with Crippen LogP contribution in [0.4, 0.5) is 5.13 Å². The molecule has 0 fully saturated rings. The van der Waals surface area contributed by atoms with Crippen molar-refractivity contribution in [2.75, 3.05) is 5.32 Å². The van der Waals surface area contributed by atoms with Gasteiger partial charge in [0, 0.05) is 23.6 Å². The Bertz CT molecular complexity index is 821. The number of nitrogens with zero attached hydrogens (tertiary/aromatic N) is 1. The number of hydrogen-bond donors (Lipinski definition) is 2. The van der Waals surface area contributed by atoms with Crippen LogP contribution in [0.15, 0.2) is 18.3 Å². The van der Waals surface area contributed by atoms with Gasteiger partial charge in [-0.3, -0.25) is 14.9 Å². The minimum atomic E-state index is -1.97. The second-order valence-electron chi connectivity index (χ2n) is 4.70. The normalized spacial score (nSPS) is 11.8. The molecule has 1 heterocycles. The molecule has 0 saturated heterocycles. The number of rotatable bonds is 5. The fourth-order valence-corrected chi connectivity index (χ4v) is 3.52. The molecule has 0 bridgehead atoms. The smallest absolute Gasteiger partial charge is 0.308 e. The van der Waals surface area contributed by atoms with Crippen LogP contribution in [0.3, 0.4) is 0 Å². The van der Waals surface area contributed by atoms with Crippen molar-refractivity contribution in [2.45, 2.75) is 19.6 Å². The van der Waals surface area contributed by atoms with Crippen molar-refractivity contribution in [3.63, 3.8) is 0 Å². The van der Waals surface area contributed by atoms with E-state index in [4.69, 9.17) is 20.9 Å². The number of ether oxygens (including phenoxy) is 1. The maximum absolute atomic E-state index is 12.3. The number of carbonyl (C=O) groups is 2. The van der Waals surface area contributed by atoms with Gasteiger partial charge in [0.1, 0.15) is 5.75 Å². The van der Waals surface area contributed by atoms with E-state index in [1.165, 1.54) is 25.3 Å². The lowest BCUT2D eigenvalue weighted by Gasteiger charge is -2.10. The number of amides is 1. The molecule has 0 aliphatic rings. The highest BCUT2D eigenvalue weighted by atomic mass is 35.5. The number of thiazole rings is 1. The molecule has 1 amide bonds. The van der Waals surface area contributed by atoms with E-state index in [0.717, 1.165) is 11.3 Å². The number of nitrogens with one attached hydrogen (secondary N) is 1. The van der Waals surface area contributed by atoms with E-state index >= 15 is 0 Å². The quantitative estimate of drug-likeness (QED) is 0.463. The molecular weight excluding hydrogens is 376 g/mol. The molecule has 0 radical (unpaired) electrons. The molecule has 0 aliphatic heterocycles. The molecule has 1 aromatic heterocycles. The van der Waals surface area contributed by atoms with E-state index in [1.54, 1.807) is 6.92 Å². The van der Waals surface area contributed by atoms with Crippen LogP contribution in [0.5, 0.6) is 5.75 Å². The predicted octanol–water partition coefficient (Wildman–Crippen LogP) is 3.00. The first-order valence-electron chi connectivity index (χ1n) is 6.59. The molecular formula is C14H13ClN2O5S2. The number of hydrogen-bond acceptors (Lipinski definition) is 6. The monoisotopic (exact) mass is 388 g/mol. The van der Waals surface area contributed by atoms with Crippen molar-refractivity contribution in [3.8, 4) is 5.75 Å². The molecule has 0 spiro atoms. The van der Waals surface area contributed by atoms with Crippen molar-refractivity contribution in [1.29, 1.82) is 0 Å². The molecule has 0 saturated carbocycles. The third-order valence-corrected chi connectivity index (χ3v) is 5.01. The molecule has 2 N–H and O–H groups in total. The average Bonchev–Trinajstić information content (AvgIpc) is 2.89. The average molecular weight is 389 g/mol. The number of anilines is 1. The zero-order valence-corrected chi connectivity index (χ0v) is 15.0. The number of carbonyl (C=O) groups excluding carboxylic acids is 2. The Balaban J connectivity index is 2.18. The summed E-state index contributed by atoms with van der Waals surface area (Å²) in [6.07, 6.45) is 1.43.